The molecule has 1 fully saturated rings. The lowest BCUT2D eigenvalue weighted by atomic mass is 9.90. The van der Waals surface area contributed by atoms with Crippen LogP contribution in [0.3, 0.4) is 0 Å². The van der Waals surface area contributed by atoms with Gasteiger partial charge < -0.3 is 14.4 Å². The summed E-state index contributed by atoms with van der Waals surface area (Å²) >= 11 is 0. The van der Waals surface area contributed by atoms with Crippen LogP contribution >= 0.6 is 0 Å². The van der Waals surface area contributed by atoms with Crippen molar-refractivity contribution in [3.05, 3.63) is 0 Å². The van der Waals surface area contributed by atoms with Crippen LogP contribution in [0.5, 0.6) is 0 Å². The summed E-state index contributed by atoms with van der Waals surface area (Å²) in [5.41, 5.74) is 0. The predicted molar refractivity (Wildman–Crippen MR) is 182 cm³/mol. The molecule has 0 N–H and O–H groups in total. The first-order chi connectivity index (χ1) is 20.1. The maximum atomic E-state index is 6.69. The van der Waals surface area contributed by atoms with Crippen molar-refractivity contribution in [1.82, 2.24) is 4.90 Å². The molecule has 0 aromatic rings. The van der Waals surface area contributed by atoms with E-state index < -0.39 is 0 Å². The first-order valence-electron chi connectivity index (χ1n) is 19.1. The summed E-state index contributed by atoms with van der Waals surface area (Å²) in [4.78, 5) is 2.39. The number of rotatable bonds is 31. The molecular weight excluding hydrogens is 502 g/mol. The zero-order chi connectivity index (χ0) is 29.9. The second-order valence-corrected chi connectivity index (χ2v) is 13.7. The Kier molecular flexibility index (Phi) is 26.0. The van der Waals surface area contributed by atoms with Gasteiger partial charge in [0, 0.05) is 19.4 Å². The van der Waals surface area contributed by atoms with Gasteiger partial charge in [-0.1, -0.05) is 169 Å². The average molecular weight is 580 g/mol. The van der Waals surface area contributed by atoms with Crippen molar-refractivity contribution in [2.45, 2.75) is 213 Å². The van der Waals surface area contributed by atoms with Crippen LogP contribution in [0.1, 0.15) is 201 Å². The van der Waals surface area contributed by atoms with Crippen LogP contribution in [0, 0.1) is 5.92 Å². The quantitative estimate of drug-likeness (QED) is 0.0762. The molecule has 0 radical (unpaired) electrons. The van der Waals surface area contributed by atoms with Crippen LogP contribution in [0.4, 0.5) is 0 Å². The number of hydrogen-bond acceptors (Lipinski definition) is 3. The van der Waals surface area contributed by atoms with Gasteiger partial charge in [-0.05, 0) is 38.8 Å². The Morgan fingerprint density at radius 3 is 1.49 bits per heavy atom. The Morgan fingerprint density at radius 2 is 1.00 bits per heavy atom. The molecule has 0 aromatic heterocycles. The number of unbranched alkanes of at least 4 members (excludes halogenated alkanes) is 17. The standard InChI is InChI=1S/C38H77NO2/c1-6-10-13-14-18-21-26-32-38(40-35-37(41-38)31-34-39(5)9-4)33-27-22-19-16-15-17-20-25-30-36(28-23-11-7-2)29-24-12-8-3/h36-37H,6-35H2,1-5H3. The molecular formula is C38H77NO2. The summed E-state index contributed by atoms with van der Waals surface area (Å²) in [5.74, 6) is 0.720. The number of ether oxygens (including phenoxy) is 2. The predicted octanol–water partition coefficient (Wildman–Crippen LogP) is 12.3. The SMILES string of the molecule is CCCCCCCCCC1(CCCCCCCCCCC(CCCCC)CCCCC)OCC(CCN(C)CC)O1. The monoisotopic (exact) mass is 580 g/mol. The van der Waals surface area contributed by atoms with Gasteiger partial charge in [0.25, 0.3) is 0 Å². The van der Waals surface area contributed by atoms with Crippen LogP contribution in [0.2, 0.25) is 0 Å². The zero-order valence-electron chi connectivity index (χ0n) is 29.1. The molecule has 1 rings (SSSR count). The Labute approximate surface area is 259 Å². The molecule has 1 saturated heterocycles. The summed E-state index contributed by atoms with van der Waals surface area (Å²) in [5, 5.41) is 0. The second-order valence-electron chi connectivity index (χ2n) is 13.7. The number of nitrogens with zero attached hydrogens (tertiary/aromatic N) is 1. The fourth-order valence-corrected chi connectivity index (χ4v) is 6.71. The Bertz CT molecular complexity index is 530. The molecule has 0 aromatic carbocycles. The first-order valence-corrected chi connectivity index (χ1v) is 19.1. The molecule has 2 atom stereocenters. The molecule has 3 heteroatoms. The minimum absolute atomic E-state index is 0.284. The van der Waals surface area contributed by atoms with Crippen LogP contribution in [-0.2, 0) is 9.47 Å². The van der Waals surface area contributed by atoms with Crippen LogP contribution < -0.4 is 0 Å². The molecule has 2 unspecified atom stereocenters. The minimum Gasteiger partial charge on any atom is -0.347 e. The van der Waals surface area contributed by atoms with Gasteiger partial charge in [-0.3, -0.25) is 0 Å². The average Bonchev–Trinajstić information content (AvgIpc) is 3.39. The van der Waals surface area contributed by atoms with Gasteiger partial charge in [0.15, 0.2) is 5.79 Å². The van der Waals surface area contributed by atoms with Crippen LogP contribution in [0.15, 0.2) is 0 Å². The van der Waals surface area contributed by atoms with Crippen molar-refractivity contribution < 1.29 is 9.47 Å². The summed E-state index contributed by atoms with van der Waals surface area (Å²) < 4.78 is 13.2. The Hall–Kier alpha value is -0.120. The van der Waals surface area contributed by atoms with Gasteiger partial charge in [-0.15, -0.1) is 0 Å². The molecule has 0 amide bonds. The van der Waals surface area contributed by atoms with Crippen molar-refractivity contribution >= 4 is 0 Å². The van der Waals surface area contributed by atoms with E-state index in [1.807, 2.05) is 0 Å². The molecule has 3 nitrogen and oxygen atoms in total. The molecule has 1 heterocycles. The Morgan fingerprint density at radius 1 is 0.585 bits per heavy atom. The van der Waals surface area contributed by atoms with Gasteiger partial charge in [0.05, 0.1) is 12.7 Å². The molecule has 0 bridgehead atoms. The topological polar surface area (TPSA) is 21.7 Å². The van der Waals surface area contributed by atoms with Crippen molar-refractivity contribution in [2.75, 3.05) is 26.7 Å². The summed E-state index contributed by atoms with van der Waals surface area (Å²) in [7, 11) is 2.21. The van der Waals surface area contributed by atoms with Crippen LogP contribution in [-0.4, -0.2) is 43.5 Å². The molecule has 41 heavy (non-hydrogen) atoms. The number of hydrogen-bond donors (Lipinski definition) is 0. The van der Waals surface area contributed by atoms with Gasteiger partial charge >= 0.3 is 0 Å². The maximum Gasteiger partial charge on any atom is 0.168 e. The van der Waals surface area contributed by atoms with Crippen LogP contribution in [0.25, 0.3) is 0 Å². The third kappa shape index (κ3) is 21.3. The smallest absolute Gasteiger partial charge is 0.168 e. The lowest BCUT2D eigenvalue weighted by molar-refractivity contribution is -0.180. The molecule has 0 saturated carbocycles. The summed E-state index contributed by atoms with van der Waals surface area (Å²) in [6.07, 6.45) is 37.2. The van der Waals surface area contributed by atoms with E-state index in [0.29, 0.717) is 0 Å². The highest BCUT2D eigenvalue weighted by Gasteiger charge is 2.40. The normalized spacial score (nSPS) is 19.2. The van der Waals surface area contributed by atoms with Gasteiger partial charge in [-0.2, -0.15) is 0 Å². The fraction of sp³-hybridized carbons (Fsp3) is 1.00. The van der Waals surface area contributed by atoms with E-state index in [0.717, 1.165) is 44.9 Å². The molecule has 1 aliphatic rings. The zero-order valence-corrected chi connectivity index (χ0v) is 29.1. The highest BCUT2D eigenvalue weighted by atomic mass is 16.7. The second kappa shape index (κ2) is 27.4. The molecule has 0 spiro atoms. The van der Waals surface area contributed by atoms with E-state index in [4.69, 9.17) is 9.47 Å². The van der Waals surface area contributed by atoms with E-state index in [-0.39, 0.29) is 11.9 Å². The van der Waals surface area contributed by atoms with E-state index in [2.05, 4.69) is 39.6 Å². The van der Waals surface area contributed by atoms with Crippen molar-refractivity contribution in [1.29, 1.82) is 0 Å². The van der Waals surface area contributed by atoms with E-state index in [9.17, 15) is 0 Å². The molecule has 246 valence electrons. The van der Waals surface area contributed by atoms with E-state index in [1.54, 1.807) is 0 Å². The van der Waals surface area contributed by atoms with E-state index in [1.165, 1.54) is 154 Å². The molecule has 0 aliphatic carbocycles. The largest absolute Gasteiger partial charge is 0.347 e. The lowest BCUT2D eigenvalue weighted by Gasteiger charge is -2.29. The lowest BCUT2D eigenvalue weighted by Crippen LogP contribution is -2.32. The minimum atomic E-state index is -0.288. The third-order valence-electron chi connectivity index (χ3n) is 9.80. The van der Waals surface area contributed by atoms with Crippen molar-refractivity contribution in [2.24, 2.45) is 5.92 Å². The molecule has 1 aliphatic heterocycles. The van der Waals surface area contributed by atoms with E-state index >= 15 is 0 Å². The highest BCUT2D eigenvalue weighted by Crippen LogP contribution is 2.35. The summed E-state index contributed by atoms with van der Waals surface area (Å²) in [6, 6.07) is 0. The third-order valence-corrected chi connectivity index (χ3v) is 9.80. The Balaban J connectivity index is 2.24. The van der Waals surface area contributed by atoms with Crippen molar-refractivity contribution in [3.63, 3.8) is 0 Å². The van der Waals surface area contributed by atoms with Crippen molar-refractivity contribution in [3.8, 4) is 0 Å². The maximum absolute atomic E-state index is 6.69. The fourth-order valence-electron chi connectivity index (χ4n) is 6.71. The van der Waals surface area contributed by atoms with Gasteiger partial charge in [0.1, 0.15) is 0 Å². The van der Waals surface area contributed by atoms with Gasteiger partial charge in [-0.25, -0.2) is 0 Å². The highest BCUT2D eigenvalue weighted by molar-refractivity contribution is 4.80. The summed E-state index contributed by atoms with van der Waals surface area (Å²) in [6.45, 7) is 12.2. The van der Waals surface area contributed by atoms with Gasteiger partial charge in [0.2, 0.25) is 0 Å². The first kappa shape index (κ1) is 38.9.